The third-order valence-electron chi connectivity index (χ3n) is 4.05. The Labute approximate surface area is 147 Å². The summed E-state index contributed by atoms with van der Waals surface area (Å²) >= 11 is 6.03. The Hall–Kier alpha value is -2.11. The van der Waals surface area contributed by atoms with Gasteiger partial charge in [-0.1, -0.05) is 25.7 Å². The minimum Gasteiger partial charge on any atom is -0.316 e. The molecule has 2 atom stereocenters. The number of nitrogen functional groups attached to an aromatic ring is 1. The van der Waals surface area contributed by atoms with Crippen molar-refractivity contribution in [3.8, 4) is 0 Å². The van der Waals surface area contributed by atoms with Gasteiger partial charge in [0.05, 0.1) is 5.38 Å². The molecule has 2 rings (SSSR count). The van der Waals surface area contributed by atoms with Gasteiger partial charge in [-0.3, -0.25) is 4.79 Å². The number of halogens is 1. The molecule has 1 aliphatic carbocycles. The molecule has 1 heterocycles. The van der Waals surface area contributed by atoms with Crippen molar-refractivity contribution in [2.45, 2.75) is 25.1 Å². The first-order chi connectivity index (χ1) is 11.4. The Bertz CT molecular complexity index is 683. The number of hydrogen-bond donors (Lipinski definition) is 2. The average Bonchev–Trinajstić information content (AvgIpc) is 2.60. The zero-order valence-electron chi connectivity index (χ0n) is 14.0. The number of amides is 1. The highest BCUT2D eigenvalue weighted by atomic mass is 35.5. The van der Waals surface area contributed by atoms with Crippen LogP contribution in [0.25, 0.3) is 5.57 Å². The number of pyridine rings is 1. The lowest BCUT2D eigenvalue weighted by atomic mass is 9.95. The molecule has 2 unspecified atom stereocenters. The van der Waals surface area contributed by atoms with Gasteiger partial charge in [-0.25, -0.2) is 10.8 Å². The lowest BCUT2D eigenvalue weighted by molar-refractivity contribution is -0.131. The van der Waals surface area contributed by atoms with Crippen molar-refractivity contribution in [1.29, 1.82) is 0 Å². The predicted octanol–water partition coefficient (Wildman–Crippen LogP) is 3.32. The lowest BCUT2D eigenvalue weighted by Crippen LogP contribution is -2.31. The van der Waals surface area contributed by atoms with Crippen molar-refractivity contribution >= 4 is 28.9 Å². The number of allylic oxidation sites excluding steroid dienone is 4. The number of carbonyl (C=O) groups excluding carboxylic acids is 1. The van der Waals surface area contributed by atoms with Crippen LogP contribution in [0.5, 0.6) is 0 Å². The summed E-state index contributed by atoms with van der Waals surface area (Å²) in [6, 6.07) is 3.71. The molecule has 1 aliphatic rings. The second-order valence-corrected chi connectivity index (χ2v) is 6.45. The molecule has 6 heteroatoms. The first-order valence-corrected chi connectivity index (χ1v) is 8.27. The van der Waals surface area contributed by atoms with Gasteiger partial charge in [-0.05, 0) is 36.6 Å². The number of aromatic nitrogens is 1. The predicted molar refractivity (Wildman–Crippen MR) is 99.1 cm³/mol. The summed E-state index contributed by atoms with van der Waals surface area (Å²) < 4.78 is 0. The Morgan fingerprint density at radius 3 is 3.00 bits per heavy atom. The van der Waals surface area contributed by atoms with Crippen LogP contribution in [0.3, 0.4) is 0 Å². The van der Waals surface area contributed by atoms with Gasteiger partial charge in [0, 0.05) is 30.4 Å². The molecule has 0 spiro atoms. The Kier molecular flexibility index (Phi) is 6.17. The first kappa shape index (κ1) is 18.2. The molecule has 0 saturated heterocycles. The Balaban J connectivity index is 2.03. The zero-order valence-corrected chi connectivity index (χ0v) is 14.8. The quantitative estimate of drug-likeness (QED) is 0.471. The number of carbonyl (C=O) groups is 1. The third-order valence-corrected chi connectivity index (χ3v) is 4.37. The molecule has 0 aromatic carbocycles. The van der Waals surface area contributed by atoms with Crippen LogP contribution in [0.2, 0.25) is 0 Å². The van der Waals surface area contributed by atoms with Gasteiger partial charge in [0.1, 0.15) is 5.82 Å². The summed E-state index contributed by atoms with van der Waals surface area (Å²) in [7, 11) is 1.78. The van der Waals surface area contributed by atoms with E-state index in [1.165, 1.54) is 0 Å². The van der Waals surface area contributed by atoms with Gasteiger partial charge in [0.2, 0.25) is 5.91 Å². The summed E-state index contributed by atoms with van der Waals surface area (Å²) in [5, 5.41) is 0.00205. The van der Waals surface area contributed by atoms with E-state index in [2.05, 4.69) is 17.0 Å². The van der Waals surface area contributed by atoms with Gasteiger partial charge in [-0.2, -0.15) is 0 Å². The van der Waals surface area contributed by atoms with Crippen molar-refractivity contribution in [2.75, 3.05) is 12.5 Å². The molecule has 0 saturated carbocycles. The van der Waals surface area contributed by atoms with Crippen LogP contribution in [0.1, 0.15) is 25.3 Å². The van der Waals surface area contributed by atoms with Crippen LogP contribution in [0, 0.1) is 5.92 Å². The zero-order chi connectivity index (χ0) is 17.7. The number of nitrogens with zero attached hydrogens (tertiary/aromatic N) is 2. The molecule has 1 amide bonds. The van der Waals surface area contributed by atoms with Crippen molar-refractivity contribution in [1.82, 2.24) is 9.88 Å². The van der Waals surface area contributed by atoms with Crippen molar-refractivity contribution in [2.24, 2.45) is 11.8 Å². The third kappa shape index (κ3) is 4.24. The average molecular weight is 347 g/mol. The Morgan fingerprint density at radius 1 is 1.62 bits per heavy atom. The summed E-state index contributed by atoms with van der Waals surface area (Å²) in [6.45, 7) is 5.98. The van der Waals surface area contributed by atoms with Gasteiger partial charge >= 0.3 is 0 Å². The molecule has 1 aromatic rings. The largest absolute Gasteiger partial charge is 0.316 e. The molecule has 0 fully saturated rings. The van der Waals surface area contributed by atoms with Crippen molar-refractivity contribution < 1.29 is 4.79 Å². The fraction of sp³-hybridized carbons (Fsp3) is 0.333. The molecule has 1 aromatic heterocycles. The van der Waals surface area contributed by atoms with Gasteiger partial charge < -0.3 is 10.3 Å². The summed E-state index contributed by atoms with van der Waals surface area (Å²) in [6.07, 6.45) is 8.68. The van der Waals surface area contributed by atoms with E-state index in [0.29, 0.717) is 12.2 Å². The summed E-state index contributed by atoms with van der Waals surface area (Å²) in [5.74, 6) is 5.86. The van der Waals surface area contributed by atoms with Gasteiger partial charge in [-0.15, -0.1) is 11.6 Å². The van der Waals surface area contributed by atoms with Gasteiger partial charge in [0.15, 0.2) is 0 Å². The fourth-order valence-electron chi connectivity index (χ4n) is 2.66. The highest BCUT2D eigenvalue weighted by Gasteiger charge is 2.22. The van der Waals surface area contributed by atoms with Crippen LogP contribution in [-0.2, 0) is 4.79 Å². The maximum Gasteiger partial charge on any atom is 0.229 e. The van der Waals surface area contributed by atoms with E-state index < -0.39 is 0 Å². The number of nitrogens with two attached hydrogens (primary N) is 1. The normalized spacial score (nSPS) is 17.8. The van der Waals surface area contributed by atoms with Crippen LogP contribution < -0.4 is 11.3 Å². The van der Waals surface area contributed by atoms with E-state index in [-0.39, 0.29) is 17.2 Å². The minimum absolute atomic E-state index is 0.00205. The van der Waals surface area contributed by atoms with E-state index in [4.69, 9.17) is 17.4 Å². The lowest BCUT2D eigenvalue weighted by Gasteiger charge is -2.25. The van der Waals surface area contributed by atoms with Crippen LogP contribution >= 0.6 is 11.6 Å². The standard InChI is InChI=1S/C18H23ClN4O/c1-12(16-5-4-10-21-17(16)22-20)11-13(2)18(24)23(3)15-8-6-14(19)7-9-15/h4-6,8-10,13-14H,1,7,11,20H2,2-3H3,(H,21,22). The summed E-state index contributed by atoms with van der Waals surface area (Å²) in [4.78, 5) is 18.5. The van der Waals surface area contributed by atoms with E-state index in [9.17, 15) is 4.79 Å². The van der Waals surface area contributed by atoms with E-state index >= 15 is 0 Å². The van der Waals surface area contributed by atoms with Crippen LogP contribution in [0.15, 0.2) is 48.8 Å². The SMILES string of the molecule is C=C(CC(C)C(=O)N(C)C1=CCC(Cl)C=C1)c1cccnc1NN. The molecule has 3 N–H and O–H groups in total. The number of alkyl halides is 1. The van der Waals surface area contributed by atoms with E-state index in [1.807, 2.05) is 37.3 Å². The molecular formula is C18H23ClN4O. The molecule has 0 bridgehead atoms. The van der Waals surface area contributed by atoms with Gasteiger partial charge in [0.25, 0.3) is 0 Å². The van der Waals surface area contributed by atoms with Crippen LogP contribution in [-0.4, -0.2) is 28.2 Å². The number of hydrazine groups is 1. The summed E-state index contributed by atoms with van der Waals surface area (Å²) in [5.41, 5.74) is 5.08. The number of anilines is 1. The number of hydrogen-bond acceptors (Lipinski definition) is 4. The molecule has 5 nitrogen and oxygen atoms in total. The monoisotopic (exact) mass is 346 g/mol. The topological polar surface area (TPSA) is 71.2 Å². The van der Waals surface area contributed by atoms with Crippen molar-refractivity contribution in [3.63, 3.8) is 0 Å². The fourth-order valence-corrected chi connectivity index (χ4v) is 2.82. The molecular weight excluding hydrogens is 324 g/mol. The molecule has 0 aliphatic heterocycles. The van der Waals surface area contributed by atoms with E-state index in [1.54, 1.807) is 18.1 Å². The highest BCUT2D eigenvalue weighted by molar-refractivity contribution is 6.22. The highest BCUT2D eigenvalue weighted by Crippen LogP contribution is 2.27. The van der Waals surface area contributed by atoms with Crippen LogP contribution in [0.4, 0.5) is 5.82 Å². The maximum atomic E-state index is 12.7. The second-order valence-electron chi connectivity index (χ2n) is 5.89. The van der Waals surface area contributed by atoms with E-state index in [0.717, 1.165) is 23.3 Å². The second kappa shape index (κ2) is 8.13. The number of nitrogens with one attached hydrogen (secondary N) is 1. The molecule has 128 valence electrons. The number of likely N-dealkylation sites (N-methyl/N-ethyl adjacent to an activating group) is 1. The smallest absolute Gasteiger partial charge is 0.229 e. The maximum absolute atomic E-state index is 12.7. The minimum atomic E-state index is -0.212. The molecule has 0 radical (unpaired) electrons. The van der Waals surface area contributed by atoms with Crippen molar-refractivity contribution in [3.05, 3.63) is 54.4 Å². The first-order valence-electron chi connectivity index (χ1n) is 7.83. The molecule has 24 heavy (non-hydrogen) atoms. The number of rotatable bonds is 6. The Morgan fingerprint density at radius 2 is 2.38 bits per heavy atom.